The van der Waals surface area contributed by atoms with Crippen molar-refractivity contribution in [3.8, 4) is 17.1 Å². The van der Waals surface area contributed by atoms with Crippen molar-refractivity contribution in [2.24, 2.45) is 0 Å². The first kappa shape index (κ1) is 17.4. The van der Waals surface area contributed by atoms with Gasteiger partial charge in [0, 0.05) is 12.3 Å². The molecule has 2 heterocycles. The van der Waals surface area contributed by atoms with Gasteiger partial charge < -0.3 is 9.47 Å². The highest BCUT2D eigenvalue weighted by Crippen LogP contribution is 2.18. The lowest BCUT2D eigenvalue weighted by Gasteiger charge is -2.07. The first-order valence-corrected chi connectivity index (χ1v) is 8.27. The molecule has 0 radical (unpaired) electrons. The molecule has 1 N–H and O–H groups in total. The summed E-state index contributed by atoms with van der Waals surface area (Å²) in [6.07, 6.45) is 6.51. The monoisotopic (exact) mass is 349 g/mol. The second-order valence-corrected chi connectivity index (χ2v) is 5.47. The Morgan fingerprint density at radius 2 is 2.15 bits per heavy atom. The molecular formula is C20H19N3O3. The van der Waals surface area contributed by atoms with Crippen molar-refractivity contribution in [3.05, 3.63) is 72.1 Å². The molecule has 3 rings (SSSR count). The Labute approximate surface area is 151 Å². The normalized spacial score (nSPS) is 10.8. The summed E-state index contributed by atoms with van der Waals surface area (Å²) in [5.74, 6) is 0.332. The van der Waals surface area contributed by atoms with Gasteiger partial charge in [0.05, 0.1) is 24.2 Å². The number of rotatable bonds is 7. The highest BCUT2D eigenvalue weighted by molar-refractivity contribution is 5.87. The molecule has 0 aliphatic carbocycles. The standard InChI is InChI=1S/C20H19N3O3/c1-2-25-20(24)9-6-15-4-3-5-16(12-15)14-26-17-7-8-18(21-13-17)19-10-11-22-23-19/h3-13H,2,14H2,1H3,(H,22,23)/b9-6+. The molecule has 0 amide bonds. The number of carbonyl (C=O) groups is 1. The Balaban J connectivity index is 1.59. The van der Waals surface area contributed by atoms with Crippen LogP contribution in [0.1, 0.15) is 18.1 Å². The van der Waals surface area contributed by atoms with E-state index < -0.39 is 0 Å². The number of nitrogens with zero attached hydrogens (tertiary/aromatic N) is 2. The van der Waals surface area contributed by atoms with Crippen LogP contribution in [0.4, 0.5) is 0 Å². The fraction of sp³-hybridized carbons (Fsp3) is 0.150. The van der Waals surface area contributed by atoms with Gasteiger partial charge in [-0.25, -0.2) is 4.79 Å². The quantitative estimate of drug-likeness (QED) is 0.521. The first-order valence-electron chi connectivity index (χ1n) is 8.27. The van der Waals surface area contributed by atoms with Gasteiger partial charge in [-0.2, -0.15) is 5.10 Å². The average molecular weight is 349 g/mol. The van der Waals surface area contributed by atoms with Gasteiger partial charge in [-0.3, -0.25) is 10.1 Å². The average Bonchev–Trinajstić information content (AvgIpc) is 3.21. The number of pyridine rings is 1. The number of nitrogens with one attached hydrogen (secondary N) is 1. The third kappa shape index (κ3) is 4.80. The number of carbonyl (C=O) groups excluding carboxylic acids is 1. The smallest absolute Gasteiger partial charge is 0.330 e. The summed E-state index contributed by atoms with van der Waals surface area (Å²) in [7, 11) is 0. The third-order valence-electron chi connectivity index (χ3n) is 3.57. The molecule has 6 nitrogen and oxygen atoms in total. The van der Waals surface area contributed by atoms with Crippen molar-refractivity contribution in [2.75, 3.05) is 6.61 Å². The molecule has 0 spiro atoms. The van der Waals surface area contributed by atoms with Crippen molar-refractivity contribution in [1.29, 1.82) is 0 Å². The molecule has 0 saturated carbocycles. The Kier molecular flexibility index (Phi) is 5.77. The first-order chi connectivity index (χ1) is 12.7. The highest BCUT2D eigenvalue weighted by atomic mass is 16.5. The maximum atomic E-state index is 11.4. The summed E-state index contributed by atoms with van der Waals surface area (Å²) < 4.78 is 10.7. The minimum Gasteiger partial charge on any atom is -0.487 e. The molecule has 0 aliphatic heterocycles. The third-order valence-corrected chi connectivity index (χ3v) is 3.57. The second kappa shape index (κ2) is 8.62. The van der Waals surface area contributed by atoms with Gasteiger partial charge in [0.15, 0.2) is 0 Å². The van der Waals surface area contributed by atoms with Crippen LogP contribution in [0.15, 0.2) is 60.9 Å². The molecule has 0 fully saturated rings. The van der Waals surface area contributed by atoms with E-state index in [2.05, 4.69) is 15.2 Å². The zero-order valence-corrected chi connectivity index (χ0v) is 14.4. The second-order valence-electron chi connectivity index (χ2n) is 5.47. The Hall–Kier alpha value is -3.41. The largest absolute Gasteiger partial charge is 0.487 e. The summed E-state index contributed by atoms with van der Waals surface area (Å²) in [6.45, 7) is 2.55. The number of hydrogen-bond acceptors (Lipinski definition) is 5. The van der Waals surface area contributed by atoms with Crippen molar-refractivity contribution < 1.29 is 14.3 Å². The number of aromatic amines is 1. The van der Waals surface area contributed by atoms with Crippen molar-refractivity contribution in [2.45, 2.75) is 13.5 Å². The van der Waals surface area contributed by atoms with Crippen LogP contribution < -0.4 is 4.74 Å². The highest BCUT2D eigenvalue weighted by Gasteiger charge is 2.02. The van der Waals surface area contributed by atoms with E-state index in [1.54, 1.807) is 25.4 Å². The molecule has 26 heavy (non-hydrogen) atoms. The van der Waals surface area contributed by atoms with Crippen LogP contribution in [0.5, 0.6) is 5.75 Å². The summed E-state index contributed by atoms with van der Waals surface area (Å²) in [4.78, 5) is 15.7. The van der Waals surface area contributed by atoms with Crippen LogP contribution in [0, 0.1) is 0 Å². The number of hydrogen-bond donors (Lipinski definition) is 1. The van der Waals surface area contributed by atoms with E-state index >= 15 is 0 Å². The van der Waals surface area contributed by atoms with Gasteiger partial charge in [-0.15, -0.1) is 0 Å². The fourth-order valence-corrected chi connectivity index (χ4v) is 2.33. The van der Waals surface area contributed by atoms with Gasteiger partial charge >= 0.3 is 5.97 Å². The van der Waals surface area contributed by atoms with Gasteiger partial charge in [0.2, 0.25) is 0 Å². The number of ether oxygens (including phenoxy) is 2. The summed E-state index contributed by atoms with van der Waals surface area (Å²) in [6, 6.07) is 13.4. The van der Waals surface area contributed by atoms with E-state index in [9.17, 15) is 4.79 Å². The van der Waals surface area contributed by atoms with E-state index in [-0.39, 0.29) is 5.97 Å². The summed E-state index contributed by atoms with van der Waals surface area (Å²) in [5, 5.41) is 6.78. The van der Waals surface area contributed by atoms with Crippen molar-refractivity contribution in [3.63, 3.8) is 0 Å². The molecule has 0 atom stereocenters. The minimum absolute atomic E-state index is 0.349. The summed E-state index contributed by atoms with van der Waals surface area (Å²) in [5.41, 5.74) is 3.57. The minimum atomic E-state index is -0.349. The molecule has 132 valence electrons. The lowest BCUT2D eigenvalue weighted by molar-refractivity contribution is -0.137. The number of esters is 1. The molecule has 1 aromatic carbocycles. The van der Waals surface area contributed by atoms with Crippen molar-refractivity contribution >= 4 is 12.0 Å². The fourth-order valence-electron chi connectivity index (χ4n) is 2.33. The van der Waals surface area contributed by atoms with E-state index in [4.69, 9.17) is 9.47 Å². The van der Waals surface area contributed by atoms with Crippen LogP contribution in [-0.2, 0) is 16.1 Å². The maximum absolute atomic E-state index is 11.4. The Bertz CT molecular complexity index is 872. The molecular weight excluding hydrogens is 330 g/mol. The number of H-pyrrole nitrogens is 1. The van der Waals surface area contributed by atoms with E-state index in [1.165, 1.54) is 6.08 Å². The van der Waals surface area contributed by atoms with E-state index in [1.807, 2.05) is 42.5 Å². The van der Waals surface area contributed by atoms with Crippen LogP contribution >= 0.6 is 0 Å². The lowest BCUT2D eigenvalue weighted by Crippen LogP contribution is -1.99. The number of benzene rings is 1. The molecule has 0 bridgehead atoms. The lowest BCUT2D eigenvalue weighted by atomic mass is 10.1. The molecule has 0 unspecified atom stereocenters. The van der Waals surface area contributed by atoms with Crippen LogP contribution in [0.2, 0.25) is 0 Å². The van der Waals surface area contributed by atoms with Gasteiger partial charge in [0.25, 0.3) is 0 Å². The molecule has 0 saturated heterocycles. The predicted octanol–water partition coefficient (Wildman–Crippen LogP) is 3.63. The molecule has 2 aromatic heterocycles. The zero-order chi connectivity index (χ0) is 18.2. The zero-order valence-electron chi connectivity index (χ0n) is 14.4. The predicted molar refractivity (Wildman–Crippen MR) is 98.3 cm³/mol. The Morgan fingerprint density at radius 1 is 1.23 bits per heavy atom. The topological polar surface area (TPSA) is 77.1 Å². The van der Waals surface area contributed by atoms with Crippen LogP contribution in [-0.4, -0.2) is 27.8 Å². The molecule has 6 heteroatoms. The number of aromatic nitrogens is 3. The Morgan fingerprint density at radius 3 is 2.88 bits per heavy atom. The molecule has 3 aromatic rings. The van der Waals surface area contributed by atoms with Gasteiger partial charge in [-0.05, 0) is 48.4 Å². The van der Waals surface area contributed by atoms with E-state index in [0.717, 1.165) is 22.5 Å². The maximum Gasteiger partial charge on any atom is 0.330 e. The van der Waals surface area contributed by atoms with Gasteiger partial charge in [-0.1, -0.05) is 18.2 Å². The molecule has 0 aliphatic rings. The van der Waals surface area contributed by atoms with Crippen molar-refractivity contribution in [1.82, 2.24) is 15.2 Å². The van der Waals surface area contributed by atoms with Crippen LogP contribution in [0.3, 0.4) is 0 Å². The van der Waals surface area contributed by atoms with Crippen LogP contribution in [0.25, 0.3) is 17.5 Å². The van der Waals surface area contributed by atoms with E-state index in [0.29, 0.717) is 19.0 Å². The van der Waals surface area contributed by atoms with Gasteiger partial charge in [0.1, 0.15) is 12.4 Å². The summed E-state index contributed by atoms with van der Waals surface area (Å²) >= 11 is 0. The SMILES string of the molecule is CCOC(=O)/C=C/c1cccc(COc2ccc(-c3ccn[nH]3)nc2)c1.